The van der Waals surface area contributed by atoms with Gasteiger partial charge in [0.25, 0.3) is 0 Å². The van der Waals surface area contributed by atoms with Crippen LogP contribution < -0.4 is 11.5 Å². The van der Waals surface area contributed by atoms with Gasteiger partial charge in [0.1, 0.15) is 5.60 Å². The lowest BCUT2D eigenvalue weighted by Gasteiger charge is -2.33. The van der Waals surface area contributed by atoms with Crippen LogP contribution in [-0.2, 0) is 19.1 Å². The topological polar surface area (TPSA) is 136 Å². The number of esters is 2. The molecule has 33 heavy (non-hydrogen) atoms. The lowest BCUT2D eigenvalue weighted by Crippen LogP contribution is -2.65. The summed E-state index contributed by atoms with van der Waals surface area (Å²) in [7, 11) is 0. The largest absolute Gasteiger partial charge is 0.466 e. The van der Waals surface area contributed by atoms with Crippen molar-refractivity contribution in [3.05, 3.63) is 0 Å². The molecule has 0 aliphatic heterocycles. The number of nitrogens with two attached hydrogens (primary N) is 2. The van der Waals surface area contributed by atoms with E-state index in [0.717, 1.165) is 19.3 Å². The molecule has 0 spiro atoms. The van der Waals surface area contributed by atoms with Crippen molar-refractivity contribution in [3.8, 4) is 0 Å². The second-order valence-corrected chi connectivity index (χ2v) is 10.1. The molecule has 0 aromatic rings. The Morgan fingerprint density at radius 3 is 1.48 bits per heavy atom. The lowest BCUT2D eigenvalue weighted by atomic mass is 9.88. The van der Waals surface area contributed by atoms with Gasteiger partial charge in [-0.15, -0.1) is 0 Å². The maximum Gasteiger partial charge on any atom is 0.342 e. The summed E-state index contributed by atoms with van der Waals surface area (Å²) < 4.78 is 10.5. The minimum absolute atomic E-state index is 0. The Balaban J connectivity index is 0. The van der Waals surface area contributed by atoms with Crippen molar-refractivity contribution in [2.24, 2.45) is 17.4 Å². The summed E-state index contributed by atoms with van der Waals surface area (Å²) in [4.78, 5) is 24.9. The van der Waals surface area contributed by atoms with Gasteiger partial charge in [0.2, 0.25) is 0 Å². The van der Waals surface area contributed by atoms with Gasteiger partial charge in [0.15, 0.2) is 5.66 Å². The first-order valence-electron chi connectivity index (χ1n) is 13.0. The molecule has 0 aliphatic rings. The fraction of sp³-hybridized carbons (Fsp3) is 0.923. The van der Waals surface area contributed by atoms with Crippen LogP contribution in [0.3, 0.4) is 0 Å². The van der Waals surface area contributed by atoms with Crippen LogP contribution in [0.1, 0.15) is 131 Å². The SMILES string of the molecule is CCCCCCCCCCCCCCCCC(C(=O)OCC)C(N)(N)C(=O)OC(C)(C)C.O. The molecule has 0 heterocycles. The molecule has 0 saturated heterocycles. The van der Waals surface area contributed by atoms with Gasteiger partial charge in [0.05, 0.1) is 12.5 Å². The second kappa shape index (κ2) is 19.2. The van der Waals surface area contributed by atoms with Crippen molar-refractivity contribution in [1.82, 2.24) is 0 Å². The summed E-state index contributed by atoms with van der Waals surface area (Å²) in [5, 5.41) is 0. The number of unbranched alkanes of at least 4 members (excludes halogenated alkanes) is 13. The van der Waals surface area contributed by atoms with Crippen LogP contribution in [0.2, 0.25) is 0 Å². The quantitative estimate of drug-likeness (QED) is 0.151. The molecule has 7 heteroatoms. The summed E-state index contributed by atoms with van der Waals surface area (Å²) in [5.41, 5.74) is 9.58. The first-order valence-corrected chi connectivity index (χ1v) is 13.0. The van der Waals surface area contributed by atoms with E-state index in [2.05, 4.69) is 6.92 Å². The third-order valence-corrected chi connectivity index (χ3v) is 5.75. The first kappa shape index (κ1) is 34.0. The molecular weight excluding hydrogens is 420 g/mol. The van der Waals surface area contributed by atoms with Gasteiger partial charge in [0, 0.05) is 0 Å². The van der Waals surface area contributed by atoms with Crippen molar-refractivity contribution in [2.75, 3.05) is 6.61 Å². The number of rotatable bonds is 19. The number of hydrogen-bond acceptors (Lipinski definition) is 6. The number of ether oxygens (including phenoxy) is 2. The molecule has 0 rings (SSSR count). The van der Waals surface area contributed by atoms with E-state index < -0.39 is 29.1 Å². The average molecular weight is 475 g/mol. The summed E-state index contributed by atoms with van der Waals surface area (Å²) in [6.07, 6.45) is 18.0. The van der Waals surface area contributed by atoms with Crippen LogP contribution in [0.5, 0.6) is 0 Å². The van der Waals surface area contributed by atoms with E-state index in [1.54, 1.807) is 27.7 Å². The highest BCUT2D eigenvalue weighted by Gasteiger charge is 2.46. The zero-order valence-electron chi connectivity index (χ0n) is 22.2. The highest BCUT2D eigenvalue weighted by Crippen LogP contribution is 2.24. The fourth-order valence-corrected chi connectivity index (χ4v) is 3.85. The van der Waals surface area contributed by atoms with Crippen molar-refractivity contribution in [3.63, 3.8) is 0 Å². The summed E-state index contributed by atoms with van der Waals surface area (Å²) in [5.74, 6) is -2.21. The minimum Gasteiger partial charge on any atom is -0.466 e. The Kier molecular flexibility index (Phi) is 19.7. The van der Waals surface area contributed by atoms with Gasteiger partial charge < -0.3 is 26.4 Å². The van der Waals surface area contributed by atoms with Crippen LogP contribution in [0.4, 0.5) is 0 Å². The van der Waals surface area contributed by atoms with Gasteiger partial charge >= 0.3 is 11.9 Å². The zero-order chi connectivity index (χ0) is 24.5. The molecule has 7 nitrogen and oxygen atoms in total. The Bertz CT molecular complexity index is 503. The molecule has 198 valence electrons. The molecule has 0 aliphatic carbocycles. The Morgan fingerprint density at radius 1 is 0.727 bits per heavy atom. The van der Waals surface area contributed by atoms with Gasteiger partial charge in [-0.2, -0.15) is 0 Å². The van der Waals surface area contributed by atoms with E-state index in [-0.39, 0.29) is 12.1 Å². The Hall–Kier alpha value is -1.18. The van der Waals surface area contributed by atoms with Gasteiger partial charge in [-0.1, -0.05) is 96.8 Å². The molecule has 1 atom stereocenters. The van der Waals surface area contributed by atoms with E-state index in [0.29, 0.717) is 6.42 Å². The predicted molar refractivity (Wildman–Crippen MR) is 136 cm³/mol. The molecule has 0 amide bonds. The van der Waals surface area contributed by atoms with E-state index in [4.69, 9.17) is 20.9 Å². The standard InChI is InChI=1S/C26H52N2O4.H2O/c1-6-8-9-10-11-12-13-14-15-16-17-18-19-20-21-22(23(29)31-7-2)26(27,28)24(30)32-25(3,4)5;/h22H,6-21,27-28H2,1-5H3;1H2. The van der Waals surface area contributed by atoms with E-state index in [1.807, 2.05) is 0 Å². The molecule has 0 aromatic heterocycles. The van der Waals surface area contributed by atoms with E-state index >= 15 is 0 Å². The predicted octanol–water partition coefficient (Wildman–Crippen LogP) is 5.17. The molecular formula is C26H54N2O5. The van der Waals surface area contributed by atoms with Crippen molar-refractivity contribution in [1.29, 1.82) is 0 Å². The smallest absolute Gasteiger partial charge is 0.342 e. The van der Waals surface area contributed by atoms with Gasteiger partial charge in [-0.25, -0.2) is 4.79 Å². The summed E-state index contributed by atoms with van der Waals surface area (Å²) in [6.45, 7) is 9.43. The monoisotopic (exact) mass is 474 g/mol. The molecule has 0 saturated carbocycles. The third-order valence-electron chi connectivity index (χ3n) is 5.75. The Morgan fingerprint density at radius 2 is 1.12 bits per heavy atom. The third kappa shape index (κ3) is 17.0. The van der Waals surface area contributed by atoms with Crippen LogP contribution in [0.15, 0.2) is 0 Å². The van der Waals surface area contributed by atoms with Crippen LogP contribution in [-0.4, -0.2) is 35.3 Å². The fourth-order valence-electron chi connectivity index (χ4n) is 3.85. The van der Waals surface area contributed by atoms with E-state index in [9.17, 15) is 9.59 Å². The number of hydrogen-bond donors (Lipinski definition) is 2. The van der Waals surface area contributed by atoms with Gasteiger partial charge in [-0.3, -0.25) is 4.79 Å². The number of carbonyl (C=O) groups is 2. The average Bonchev–Trinajstić information content (AvgIpc) is 2.69. The van der Waals surface area contributed by atoms with E-state index in [1.165, 1.54) is 70.6 Å². The zero-order valence-corrected chi connectivity index (χ0v) is 22.2. The maximum absolute atomic E-state index is 12.5. The van der Waals surface area contributed by atoms with Gasteiger partial charge in [-0.05, 0) is 34.1 Å². The van der Waals surface area contributed by atoms with Crippen molar-refractivity contribution in [2.45, 2.75) is 142 Å². The molecule has 0 radical (unpaired) electrons. The summed E-state index contributed by atoms with van der Waals surface area (Å²) >= 11 is 0. The second-order valence-electron chi connectivity index (χ2n) is 10.1. The summed E-state index contributed by atoms with van der Waals surface area (Å²) in [6, 6.07) is 0. The minimum atomic E-state index is -1.89. The maximum atomic E-state index is 12.5. The first-order chi connectivity index (χ1) is 15.1. The highest BCUT2D eigenvalue weighted by molar-refractivity contribution is 5.88. The van der Waals surface area contributed by atoms with Crippen molar-refractivity contribution < 1.29 is 24.5 Å². The molecule has 0 bridgehead atoms. The number of carbonyl (C=O) groups excluding carboxylic acids is 2. The molecule has 0 aromatic carbocycles. The van der Waals surface area contributed by atoms with Crippen LogP contribution in [0.25, 0.3) is 0 Å². The normalized spacial score (nSPS) is 12.7. The highest BCUT2D eigenvalue weighted by atomic mass is 16.6. The molecule has 6 N–H and O–H groups in total. The van der Waals surface area contributed by atoms with Crippen LogP contribution in [0, 0.1) is 5.92 Å². The van der Waals surface area contributed by atoms with Crippen LogP contribution >= 0.6 is 0 Å². The van der Waals surface area contributed by atoms with Crippen molar-refractivity contribution >= 4 is 11.9 Å². The lowest BCUT2D eigenvalue weighted by molar-refractivity contribution is -0.170. The Labute approximate surface area is 203 Å². The molecule has 0 fully saturated rings. The molecule has 1 unspecified atom stereocenters.